The molecule has 0 radical (unpaired) electrons. The zero-order chi connectivity index (χ0) is 20.0. The molecule has 1 aromatic heterocycles. The van der Waals surface area contributed by atoms with Crippen LogP contribution in [0.25, 0.3) is 0 Å². The van der Waals surface area contributed by atoms with Gasteiger partial charge in [-0.1, -0.05) is 13.8 Å². The van der Waals surface area contributed by atoms with Gasteiger partial charge in [0.25, 0.3) is 5.91 Å². The Morgan fingerprint density at radius 1 is 1.41 bits per heavy atom. The molecule has 0 saturated carbocycles. The number of nitrogens with one attached hydrogen (secondary N) is 1. The first-order valence-electron chi connectivity index (χ1n) is 8.99. The summed E-state index contributed by atoms with van der Waals surface area (Å²) in [5, 5.41) is 5.14. The minimum absolute atomic E-state index is 0.0112. The lowest BCUT2D eigenvalue weighted by Gasteiger charge is -2.23. The molecule has 27 heavy (non-hydrogen) atoms. The summed E-state index contributed by atoms with van der Waals surface area (Å²) in [6.07, 6.45) is 5.63. The molecule has 1 heterocycles. The van der Waals surface area contributed by atoms with Crippen LogP contribution in [0.5, 0.6) is 0 Å². The normalized spacial score (nSPS) is 18.3. The first kappa shape index (κ1) is 21.8. The number of carbonyl (C=O) groups excluding carboxylic acids is 1. The SMILES string of the molecule is CC(C)COC1C=C(OC(C)C)C=C(C(=O)Nc2nc(CS(C)=O)cs2)C1. The van der Waals surface area contributed by atoms with Crippen LogP contribution in [0.15, 0.2) is 28.9 Å². The van der Waals surface area contributed by atoms with E-state index in [0.29, 0.717) is 41.2 Å². The van der Waals surface area contributed by atoms with Crippen molar-refractivity contribution in [2.45, 2.75) is 52.1 Å². The van der Waals surface area contributed by atoms with Crippen LogP contribution in [0, 0.1) is 5.92 Å². The first-order valence-corrected chi connectivity index (χ1v) is 11.6. The van der Waals surface area contributed by atoms with E-state index in [1.165, 1.54) is 11.3 Å². The molecule has 6 nitrogen and oxygen atoms in total. The number of allylic oxidation sites excluding steroid dienone is 1. The molecule has 0 aromatic carbocycles. The van der Waals surface area contributed by atoms with Crippen LogP contribution in [-0.2, 0) is 30.8 Å². The van der Waals surface area contributed by atoms with Gasteiger partial charge in [-0.25, -0.2) is 4.98 Å². The molecule has 1 amide bonds. The summed E-state index contributed by atoms with van der Waals surface area (Å²) in [5.74, 6) is 1.23. The van der Waals surface area contributed by atoms with Crippen molar-refractivity contribution < 1.29 is 18.5 Å². The van der Waals surface area contributed by atoms with E-state index in [0.717, 1.165) is 5.69 Å². The van der Waals surface area contributed by atoms with Gasteiger partial charge in [-0.2, -0.15) is 0 Å². The summed E-state index contributed by atoms with van der Waals surface area (Å²) in [7, 11) is -0.962. The Balaban J connectivity index is 2.07. The van der Waals surface area contributed by atoms with Crippen molar-refractivity contribution in [2.75, 3.05) is 18.2 Å². The molecule has 2 unspecified atom stereocenters. The fourth-order valence-corrected chi connectivity index (χ4v) is 3.86. The predicted octanol–water partition coefficient (Wildman–Crippen LogP) is 3.64. The van der Waals surface area contributed by atoms with Crippen molar-refractivity contribution in [2.24, 2.45) is 5.92 Å². The highest BCUT2D eigenvalue weighted by Gasteiger charge is 2.23. The Hall–Kier alpha value is -1.51. The van der Waals surface area contributed by atoms with Crippen LogP contribution in [0.4, 0.5) is 5.13 Å². The Bertz CT molecular complexity index is 738. The van der Waals surface area contributed by atoms with E-state index in [9.17, 15) is 9.00 Å². The largest absolute Gasteiger partial charge is 0.491 e. The van der Waals surface area contributed by atoms with Crippen LogP contribution in [0.1, 0.15) is 39.8 Å². The lowest BCUT2D eigenvalue weighted by molar-refractivity contribution is -0.113. The molecular weight excluding hydrogens is 384 g/mol. The van der Waals surface area contributed by atoms with Crippen LogP contribution in [-0.4, -0.2) is 40.2 Å². The van der Waals surface area contributed by atoms with Crippen molar-refractivity contribution >= 4 is 33.2 Å². The third-order valence-electron chi connectivity index (χ3n) is 3.52. The van der Waals surface area contributed by atoms with E-state index in [1.807, 2.05) is 25.3 Å². The zero-order valence-electron chi connectivity index (χ0n) is 16.5. The van der Waals surface area contributed by atoms with Gasteiger partial charge >= 0.3 is 0 Å². The molecule has 1 N–H and O–H groups in total. The van der Waals surface area contributed by atoms with Crippen molar-refractivity contribution in [3.05, 3.63) is 34.6 Å². The van der Waals surface area contributed by atoms with Crippen molar-refractivity contribution in [3.63, 3.8) is 0 Å². The number of thiazole rings is 1. The van der Waals surface area contributed by atoms with E-state index >= 15 is 0 Å². The average molecular weight is 413 g/mol. The highest BCUT2D eigenvalue weighted by Crippen LogP contribution is 2.25. The van der Waals surface area contributed by atoms with E-state index in [-0.39, 0.29) is 18.1 Å². The van der Waals surface area contributed by atoms with E-state index < -0.39 is 10.8 Å². The number of ether oxygens (including phenoxy) is 2. The summed E-state index contributed by atoms with van der Waals surface area (Å²) >= 11 is 1.33. The van der Waals surface area contributed by atoms with Crippen molar-refractivity contribution in [3.8, 4) is 0 Å². The molecule has 0 saturated heterocycles. The lowest BCUT2D eigenvalue weighted by atomic mass is 10.0. The Kier molecular flexibility index (Phi) is 8.19. The van der Waals surface area contributed by atoms with Crippen LogP contribution in [0.2, 0.25) is 0 Å². The summed E-state index contributed by atoms with van der Waals surface area (Å²) < 4.78 is 23.0. The molecule has 1 aromatic rings. The van der Waals surface area contributed by atoms with Crippen LogP contribution < -0.4 is 5.32 Å². The van der Waals surface area contributed by atoms with Gasteiger partial charge in [-0.15, -0.1) is 11.3 Å². The predicted molar refractivity (Wildman–Crippen MR) is 110 cm³/mol. The molecule has 8 heteroatoms. The minimum atomic E-state index is -0.962. The van der Waals surface area contributed by atoms with E-state index in [2.05, 4.69) is 24.1 Å². The van der Waals surface area contributed by atoms with Gasteiger partial charge in [0.1, 0.15) is 5.76 Å². The monoisotopic (exact) mass is 412 g/mol. The average Bonchev–Trinajstić information content (AvgIpc) is 2.98. The number of aromatic nitrogens is 1. The summed E-state index contributed by atoms with van der Waals surface area (Å²) in [6.45, 7) is 8.69. The molecule has 0 aliphatic heterocycles. The first-order chi connectivity index (χ1) is 12.7. The van der Waals surface area contributed by atoms with Crippen molar-refractivity contribution in [1.29, 1.82) is 0 Å². The number of hydrogen-bond donors (Lipinski definition) is 1. The Morgan fingerprint density at radius 2 is 2.15 bits per heavy atom. The zero-order valence-corrected chi connectivity index (χ0v) is 18.1. The summed E-state index contributed by atoms with van der Waals surface area (Å²) in [4.78, 5) is 17.0. The molecule has 0 spiro atoms. The van der Waals surface area contributed by atoms with Gasteiger partial charge in [0.2, 0.25) is 0 Å². The fourth-order valence-electron chi connectivity index (χ4n) is 2.48. The molecule has 0 fully saturated rings. The van der Waals surface area contributed by atoms with Gasteiger partial charge in [0.05, 0.1) is 23.7 Å². The number of anilines is 1. The minimum Gasteiger partial charge on any atom is -0.491 e. The van der Waals surface area contributed by atoms with Gasteiger partial charge in [-0.05, 0) is 31.9 Å². The topological polar surface area (TPSA) is 77.5 Å². The molecule has 2 atom stereocenters. The van der Waals surface area contributed by atoms with Gasteiger partial charge < -0.3 is 9.47 Å². The summed E-state index contributed by atoms with van der Waals surface area (Å²) in [5.41, 5.74) is 1.31. The maximum absolute atomic E-state index is 12.7. The number of hydrogen-bond acceptors (Lipinski definition) is 6. The number of nitrogens with zero attached hydrogens (tertiary/aromatic N) is 1. The summed E-state index contributed by atoms with van der Waals surface area (Å²) in [6, 6.07) is 0. The second kappa shape index (κ2) is 10.1. The number of carbonyl (C=O) groups is 1. The fraction of sp³-hybridized carbons (Fsp3) is 0.579. The Morgan fingerprint density at radius 3 is 2.78 bits per heavy atom. The molecule has 2 rings (SSSR count). The molecule has 1 aliphatic carbocycles. The lowest BCUT2D eigenvalue weighted by Crippen LogP contribution is -2.24. The van der Waals surface area contributed by atoms with E-state index in [1.54, 1.807) is 12.3 Å². The second-order valence-electron chi connectivity index (χ2n) is 7.19. The standard InChI is InChI=1S/C19H28N2O4S2/c1-12(2)9-24-16-6-14(7-17(8-16)25-13(3)4)18(22)21-19-20-15(10-26-19)11-27(5)23/h7-8,10,12-13,16H,6,9,11H2,1-5H3,(H,20,21,22). The van der Waals surface area contributed by atoms with Crippen LogP contribution in [0.3, 0.4) is 0 Å². The molecular formula is C19H28N2O4S2. The maximum atomic E-state index is 12.7. The quantitative estimate of drug-likeness (QED) is 0.670. The van der Waals surface area contributed by atoms with Crippen LogP contribution >= 0.6 is 11.3 Å². The third kappa shape index (κ3) is 7.56. The van der Waals surface area contributed by atoms with Gasteiger partial charge in [0, 0.05) is 41.0 Å². The smallest absolute Gasteiger partial charge is 0.253 e. The Labute approximate surface area is 167 Å². The van der Waals surface area contributed by atoms with Gasteiger partial charge in [0.15, 0.2) is 5.13 Å². The highest BCUT2D eigenvalue weighted by atomic mass is 32.2. The molecule has 1 aliphatic rings. The van der Waals surface area contributed by atoms with E-state index in [4.69, 9.17) is 9.47 Å². The number of rotatable bonds is 9. The highest BCUT2D eigenvalue weighted by molar-refractivity contribution is 7.83. The number of amides is 1. The third-order valence-corrected chi connectivity index (χ3v) is 5.03. The maximum Gasteiger partial charge on any atom is 0.253 e. The van der Waals surface area contributed by atoms with Gasteiger partial charge in [-0.3, -0.25) is 14.3 Å². The van der Waals surface area contributed by atoms with Crippen molar-refractivity contribution in [1.82, 2.24) is 4.98 Å². The second-order valence-corrected chi connectivity index (χ2v) is 9.48. The molecule has 150 valence electrons. The molecule has 0 bridgehead atoms.